The lowest BCUT2D eigenvalue weighted by atomic mass is 9.98. The van der Waals surface area contributed by atoms with Gasteiger partial charge in [0, 0.05) is 16.0 Å². The maximum Gasteiger partial charge on any atom is 0.408 e. The van der Waals surface area contributed by atoms with E-state index in [2.05, 4.69) is 15.9 Å². The third kappa shape index (κ3) is 3.84. The Hall–Kier alpha value is -3.33. The summed E-state index contributed by atoms with van der Waals surface area (Å²) in [6, 6.07) is 13.8. The van der Waals surface area contributed by atoms with Gasteiger partial charge in [-0.15, -0.1) is 0 Å². The molecule has 0 saturated carbocycles. The van der Waals surface area contributed by atoms with Crippen molar-refractivity contribution in [3.8, 4) is 11.1 Å². The van der Waals surface area contributed by atoms with Crippen LogP contribution in [0.3, 0.4) is 0 Å². The summed E-state index contributed by atoms with van der Waals surface area (Å²) in [7, 11) is 0. The van der Waals surface area contributed by atoms with Gasteiger partial charge in [0.2, 0.25) is 0 Å². The molecule has 3 aromatic rings. The number of fused-ring (bicyclic) bond motifs is 3. The third-order valence-corrected chi connectivity index (χ3v) is 5.95. The topological polar surface area (TPSA) is 75.6 Å². The summed E-state index contributed by atoms with van der Waals surface area (Å²) in [6.45, 7) is -0.104. The summed E-state index contributed by atoms with van der Waals surface area (Å²) in [4.78, 5) is 24.0. The van der Waals surface area contributed by atoms with Crippen LogP contribution in [-0.2, 0) is 9.53 Å². The van der Waals surface area contributed by atoms with Crippen LogP contribution in [0, 0.1) is 17.5 Å². The molecule has 0 saturated heterocycles. The summed E-state index contributed by atoms with van der Waals surface area (Å²) in [5.41, 5.74) is 3.16. The lowest BCUT2D eigenvalue weighted by molar-refractivity contribution is -0.139. The van der Waals surface area contributed by atoms with E-state index in [9.17, 15) is 27.9 Å². The predicted molar refractivity (Wildman–Crippen MR) is 113 cm³/mol. The molecule has 0 aromatic heterocycles. The van der Waals surface area contributed by atoms with E-state index in [0.717, 1.165) is 22.3 Å². The molecule has 1 amide bonds. The predicted octanol–water partition coefficient (Wildman–Crippen LogP) is 5.53. The van der Waals surface area contributed by atoms with Crippen LogP contribution in [-0.4, -0.2) is 23.8 Å². The monoisotopic (exact) mass is 505 g/mol. The van der Waals surface area contributed by atoms with Gasteiger partial charge in [-0.3, -0.25) is 0 Å². The number of aliphatic carboxylic acids is 1. The molecule has 0 heterocycles. The largest absolute Gasteiger partial charge is 0.479 e. The zero-order valence-electron chi connectivity index (χ0n) is 16.2. The highest BCUT2D eigenvalue weighted by molar-refractivity contribution is 9.10. The molecule has 0 aliphatic heterocycles. The van der Waals surface area contributed by atoms with Gasteiger partial charge in [-0.05, 0) is 28.3 Å². The maximum atomic E-state index is 14.2. The number of halogens is 4. The Kier molecular flexibility index (Phi) is 5.92. The normalized spacial score (nSPS) is 13.2. The van der Waals surface area contributed by atoms with Crippen LogP contribution >= 0.6 is 15.9 Å². The molecule has 32 heavy (non-hydrogen) atoms. The van der Waals surface area contributed by atoms with E-state index in [1.807, 2.05) is 53.8 Å². The Morgan fingerprint density at radius 3 is 2.12 bits per heavy atom. The van der Waals surface area contributed by atoms with Crippen molar-refractivity contribution in [1.29, 1.82) is 0 Å². The number of rotatable bonds is 5. The molecule has 3 aromatic carbocycles. The minimum Gasteiger partial charge on any atom is -0.479 e. The zero-order valence-corrected chi connectivity index (χ0v) is 17.8. The van der Waals surface area contributed by atoms with E-state index in [-0.39, 0.29) is 17.0 Å². The molecule has 1 aliphatic rings. The summed E-state index contributed by atoms with van der Waals surface area (Å²) in [6.07, 6.45) is -1.14. The highest BCUT2D eigenvalue weighted by atomic mass is 79.9. The van der Waals surface area contributed by atoms with Crippen LogP contribution in [0.15, 0.2) is 59.1 Å². The summed E-state index contributed by atoms with van der Waals surface area (Å²) in [5, 5.41) is 11.5. The fourth-order valence-corrected chi connectivity index (χ4v) is 4.46. The molecule has 0 radical (unpaired) electrons. The number of ether oxygens (including phenoxy) is 1. The number of carboxylic acid groups (broad SMARTS) is 1. The van der Waals surface area contributed by atoms with Crippen molar-refractivity contribution in [2.75, 3.05) is 6.61 Å². The van der Waals surface area contributed by atoms with Crippen LogP contribution in [0.5, 0.6) is 0 Å². The number of amides is 1. The van der Waals surface area contributed by atoms with E-state index in [0.29, 0.717) is 6.07 Å². The van der Waals surface area contributed by atoms with Crippen molar-refractivity contribution in [2.24, 2.45) is 0 Å². The second-order valence-electron chi connectivity index (χ2n) is 7.12. The van der Waals surface area contributed by atoms with Crippen LogP contribution in [0.2, 0.25) is 0 Å². The van der Waals surface area contributed by atoms with E-state index in [1.54, 1.807) is 0 Å². The van der Waals surface area contributed by atoms with Gasteiger partial charge in [0.1, 0.15) is 6.61 Å². The zero-order chi connectivity index (χ0) is 23.0. The van der Waals surface area contributed by atoms with Crippen LogP contribution < -0.4 is 5.32 Å². The van der Waals surface area contributed by atoms with Gasteiger partial charge in [0.05, 0.1) is 0 Å². The number of benzene rings is 3. The molecule has 2 N–H and O–H groups in total. The number of carbonyl (C=O) groups is 2. The number of carbonyl (C=O) groups excluding carboxylic acids is 1. The Labute approximate surface area is 189 Å². The summed E-state index contributed by atoms with van der Waals surface area (Å²) >= 11 is 2.82. The van der Waals surface area contributed by atoms with Crippen LogP contribution in [0.25, 0.3) is 11.1 Å². The molecule has 9 heteroatoms. The first kappa shape index (κ1) is 21.9. The first-order valence-electron chi connectivity index (χ1n) is 9.46. The van der Waals surface area contributed by atoms with E-state index in [4.69, 9.17) is 4.74 Å². The SMILES string of the molecule is O=C(NC(C(=O)O)c1c(Br)cc(F)c(F)c1F)OCC1c2ccccc2-c2ccccc21. The first-order valence-corrected chi connectivity index (χ1v) is 10.3. The van der Waals surface area contributed by atoms with Crippen LogP contribution in [0.1, 0.15) is 28.7 Å². The number of carboxylic acids is 1. The lowest BCUT2D eigenvalue weighted by Gasteiger charge is -2.19. The average molecular weight is 506 g/mol. The number of hydrogen-bond acceptors (Lipinski definition) is 3. The highest BCUT2D eigenvalue weighted by Gasteiger charge is 2.33. The third-order valence-electron chi connectivity index (χ3n) is 5.29. The molecular formula is C23H15BrF3NO4. The number of nitrogens with one attached hydrogen (secondary N) is 1. The van der Waals surface area contributed by atoms with Crippen LogP contribution in [0.4, 0.5) is 18.0 Å². The molecular weight excluding hydrogens is 491 g/mol. The van der Waals surface area contributed by atoms with Gasteiger partial charge in [-0.1, -0.05) is 64.5 Å². The van der Waals surface area contributed by atoms with Gasteiger partial charge >= 0.3 is 12.1 Å². The minimum absolute atomic E-state index is 0.104. The highest BCUT2D eigenvalue weighted by Crippen LogP contribution is 2.44. The van der Waals surface area contributed by atoms with Gasteiger partial charge in [0.15, 0.2) is 23.5 Å². The number of hydrogen-bond donors (Lipinski definition) is 2. The van der Waals surface area contributed by atoms with Gasteiger partial charge in [-0.2, -0.15) is 0 Å². The van der Waals surface area contributed by atoms with Crippen molar-refractivity contribution in [3.05, 3.63) is 93.2 Å². The maximum absolute atomic E-state index is 14.2. The van der Waals surface area contributed by atoms with Gasteiger partial charge in [-0.25, -0.2) is 22.8 Å². The molecule has 1 unspecified atom stereocenters. The number of alkyl carbamates (subject to hydrolysis) is 1. The summed E-state index contributed by atoms with van der Waals surface area (Å²) in [5.74, 6) is -7.01. The Balaban J connectivity index is 1.54. The lowest BCUT2D eigenvalue weighted by Crippen LogP contribution is -2.36. The molecule has 4 rings (SSSR count). The fraction of sp³-hybridized carbons (Fsp3) is 0.130. The van der Waals surface area contributed by atoms with E-state index >= 15 is 0 Å². The molecule has 164 valence electrons. The molecule has 0 bridgehead atoms. The Bertz CT molecular complexity index is 1190. The van der Waals surface area contributed by atoms with Crippen molar-refractivity contribution in [2.45, 2.75) is 12.0 Å². The molecule has 0 fully saturated rings. The standard InChI is InChI=1S/C23H15BrF3NO4/c24-16-9-17(25)19(26)20(27)18(16)21(22(29)30)28-23(31)32-10-15-13-7-3-1-5-11(13)12-6-2-4-8-14(12)15/h1-9,15,21H,10H2,(H,28,31)(H,29,30). The van der Waals surface area contributed by atoms with Crippen molar-refractivity contribution in [1.82, 2.24) is 5.32 Å². The van der Waals surface area contributed by atoms with E-state index < -0.39 is 41.1 Å². The van der Waals surface area contributed by atoms with Crippen molar-refractivity contribution < 1.29 is 32.6 Å². The average Bonchev–Trinajstić information content (AvgIpc) is 3.09. The molecule has 0 spiro atoms. The molecule has 5 nitrogen and oxygen atoms in total. The molecule has 1 atom stereocenters. The second kappa shape index (κ2) is 8.66. The summed E-state index contributed by atoms with van der Waals surface area (Å²) < 4.78 is 46.2. The fourth-order valence-electron chi connectivity index (χ4n) is 3.86. The smallest absolute Gasteiger partial charge is 0.408 e. The molecule has 1 aliphatic carbocycles. The quantitative estimate of drug-likeness (QED) is 0.353. The van der Waals surface area contributed by atoms with Gasteiger partial charge in [0.25, 0.3) is 0 Å². The van der Waals surface area contributed by atoms with Crippen molar-refractivity contribution in [3.63, 3.8) is 0 Å². The minimum atomic E-state index is -2.00. The van der Waals surface area contributed by atoms with Gasteiger partial charge < -0.3 is 15.2 Å². The Morgan fingerprint density at radius 1 is 1.00 bits per heavy atom. The first-order chi connectivity index (χ1) is 15.3. The Morgan fingerprint density at radius 2 is 1.56 bits per heavy atom. The van der Waals surface area contributed by atoms with E-state index in [1.165, 1.54) is 0 Å². The van der Waals surface area contributed by atoms with Crippen molar-refractivity contribution >= 4 is 28.0 Å². The second-order valence-corrected chi connectivity index (χ2v) is 7.98.